The lowest BCUT2D eigenvalue weighted by Crippen LogP contribution is -2.29. The fourth-order valence-electron chi connectivity index (χ4n) is 3.46. The molecule has 7 nitrogen and oxygen atoms in total. The minimum Gasteiger partial charge on any atom is -0.494 e. The zero-order valence-corrected chi connectivity index (χ0v) is 19.9. The van der Waals surface area contributed by atoms with Gasteiger partial charge in [0.15, 0.2) is 0 Å². The van der Waals surface area contributed by atoms with E-state index in [-0.39, 0.29) is 6.61 Å². The minimum atomic E-state index is -0.443. The highest BCUT2D eigenvalue weighted by Gasteiger charge is 2.35. The zero-order chi connectivity index (χ0) is 22.9. The van der Waals surface area contributed by atoms with Crippen LogP contribution >= 0.6 is 11.8 Å². The first-order valence-electron chi connectivity index (χ1n) is 11.2. The van der Waals surface area contributed by atoms with Gasteiger partial charge in [-0.1, -0.05) is 63.2 Å². The number of ether oxygens (including phenoxy) is 2. The molecule has 172 valence electrons. The van der Waals surface area contributed by atoms with Crippen LogP contribution in [0.15, 0.2) is 53.3 Å². The lowest BCUT2D eigenvalue weighted by atomic mass is 9.96. The Hall–Kier alpha value is -2.74. The lowest BCUT2D eigenvalue weighted by Gasteiger charge is -2.28. The number of esters is 1. The largest absolute Gasteiger partial charge is 0.494 e. The predicted molar refractivity (Wildman–Crippen MR) is 128 cm³/mol. The third kappa shape index (κ3) is 5.73. The van der Waals surface area contributed by atoms with Gasteiger partial charge in [-0.2, -0.15) is 4.98 Å². The summed E-state index contributed by atoms with van der Waals surface area (Å²) >= 11 is 1.60. The van der Waals surface area contributed by atoms with E-state index in [0.717, 1.165) is 42.7 Å². The number of nitrogens with zero attached hydrogens (tertiary/aromatic N) is 3. The quantitative estimate of drug-likeness (QED) is 0.199. The zero-order valence-electron chi connectivity index (χ0n) is 19.1. The van der Waals surface area contributed by atoms with Crippen LogP contribution in [-0.2, 0) is 9.53 Å². The molecule has 1 aromatic heterocycles. The standard InChI is InChI=1S/C24H32N4O3S/c1-5-8-9-15-30-19-12-10-18(11-13-19)21-20(22(29)31-14-6-2)17(4)25-23-26-24(27-28(21)23)32-16-7-3/h6,10-13,21H,2,5,7-9,14-16H2,1,3-4H3,(H,25,26,27). The predicted octanol–water partition coefficient (Wildman–Crippen LogP) is 5.37. The lowest BCUT2D eigenvalue weighted by molar-refractivity contribution is -0.138. The normalized spacial score (nSPS) is 15.2. The molecule has 1 aromatic carbocycles. The van der Waals surface area contributed by atoms with Crippen LogP contribution in [0.4, 0.5) is 5.95 Å². The summed E-state index contributed by atoms with van der Waals surface area (Å²) in [6.07, 6.45) is 5.94. The van der Waals surface area contributed by atoms with Gasteiger partial charge in [-0.05, 0) is 37.5 Å². The van der Waals surface area contributed by atoms with Crippen molar-refractivity contribution in [3.63, 3.8) is 0 Å². The molecule has 2 aromatic rings. The number of hydrogen-bond donors (Lipinski definition) is 1. The summed E-state index contributed by atoms with van der Waals surface area (Å²) in [4.78, 5) is 17.6. The fraction of sp³-hybridized carbons (Fsp3) is 0.458. The van der Waals surface area contributed by atoms with Crippen molar-refractivity contribution in [3.05, 3.63) is 53.8 Å². The van der Waals surface area contributed by atoms with Crippen molar-refractivity contribution >= 4 is 23.7 Å². The summed E-state index contributed by atoms with van der Waals surface area (Å²) < 4.78 is 13.0. The molecule has 1 atom stereocenters. The van der Waals surface area contributed by atoms with Crippen LogP contribution < -0.4 is 10.1 Å². The second-order valence-corrected chi connectivity index (χ2v) is 8.65. The van der Waals surface area contributed by atoms with Gasteiger partial charge < -0.3 is 14.8 Å². The first-order valence-corrected chi connectivity index (χ1v) is 12.2. The van der Waals surface area contributed by atoms with Crippen LogP contribution in [0.25, 0.3) is 0 Å². The van der Waals surface area contributed by atoms with Crippen LogP contribution in [0.5, 0.6) is 5.75 Å². The van der Waals surface area contributed by atoms with Gasteiger partial charge in [0.2, 0.25) is 11.1 Å². The SMILES string of the molecule is C=CCOC(=O)C1=C(C)Nc2nc(SCCC)nn2C1c1ccc(OCCCCC)cc1. The van der Waals surface area contributed by atoms with E-state index in [2.05, 4.69) is 30.7 Å². The van der Waals surface area contributed by atoms with E-state index in [1.165, 1.54) is 0 Å². The second-order valence-electron chi connectivity index (χ2n) is 7.59. The molecule has 0 aliphatic carbocycles. The van der Waals surface area contributed by atoms with Crippen LogP contribution in [0.1, 0.15) is 58.1 Å². The maximum atomic E-state index is 13.0. The van der Waals surface area contributed by atoms with Crippen LogP contribution in [0, 0.1) is 0 Å². The fourth-order valence-corrected chi connectivity index (χ4v) is 4.14. The Morgan fingerprint density at radius 3 is 2.72 bits per heavy atom. The average Bonchev–Trinajstić information content (AvgIpc) is 3.20. The van der Waals surface area contributed by atoms with E-state index in [0.29, 0.717) is 29.0 Å². The Kier molecular flexibility index (Phi) is 8.79. The van der Waals surface area contributed by atoms with Gasteiger partial charge in [0.1, 0.15) is 18.4 Å². The number of thioether (sulfide) groups is 1. The van der Waals surface area contributed by atoms with Gasteiger partial charge in [-0.3, -0.25) is 0 Å². The first kappa shape index (κ1) is 23.9. The Labute approximate surface area is 194 Å². The molecule has 0 fully saturated rings. The highest BCUT2D eigenvalue weighted by molar-refractivity contribution is 7.99. The molecule has 0 amide bonds. The Morgan fingerprint density at radius 2 is 2.03 bits per heavy atom. The Balaban J connectivity index is 1.92. The molecule has 1 aliphatic heterocycles. The summed E-state index contributed by atoms with van der Waals surface area (Å²) in [6, 6.07) is 7.39. The minimum absolute atomic E-state index is 0.148. The molecular formula is C24H32N4O3S. The third-order valence-corrected chi connectivity index (χ3v) is 6.08. The van der Waals surface area contributed by atoms with Gasteiger partial charge in [-0.15, -0.1) is 5.10 Å². The molecule has 0 spiro atoms. The summed E-state index contributed by atoms with van der Waals surface area (Å²) in [5, 5.41) is 8.60. The molecule has 1 unspecified atom stereocenters. The Bertz CT molecular complexity index is 953. The number of benzene rings is 1. The number of hydrogen-bond acceptors (Lipinski definition) is 7. The molecular weight excluding hydrogens is 424 g/mol. The molecule has 2 heterocycles. The molecule has 3 rings (SSSR count). The van der Waals surface area contributed by atoms with E-state index in [1.807, 2.05) is 31.2 Å². The Morgan fingerprint density at radius 1 is 1.25 bits per heavy atom. The molecule has 8 heteroatoms. The smallest absolute Gasteiger partial charge is 0.338 e. The number of fused-ring (bicyclic) bond motifs is 1. The van der Waals surface area contributed by atoms with E-state index in [1.54, 1.807) is 22.5 Å². The van der Waals surface area contributed by atoms with Crippen molar-refractivity contribution in [2.45, 2.75) is 57.7 Å². The highest BCUT2D eigenvalue weighted by atomic mass is 32.2. The van der Waals surface area contributed by atoms with Gasteiger partial charge >= 0.3 is 5.97 Å². The van der Waals surface area contributed by atoms with Crippen molar-refractivity contribution in [1.82, 2.24) is 14.8 Å². The highest BCUT2D eigenvalue weighted by Crippen LogP contribution is 2.37. The van der Waals surface area contributed by atoms with Crippen molar-refractivity contribution in [2.75, 3.05) is 24.3 Å². The molecule has 0 bridgehead atoms. The van der Waals surface area contributed by atoms with Crippen LogP contribution in [-0.4, -0.2) is 39.7 Å². The average molecular weight is 457 g/mol. The van der Waals surface area contributed by atoms with Gasteiger partial charge in [0.25, 0.3) is 0 Å². The number of nitrogens with one attached hydrogen (secondary N) is 1. The maximum absolute atomic E-state index is 13.0. The number of unbranched alkanes of at least 4 members (excludes halogenated alkanes) is 2. The van der Waals surface area contributed by atoms with E-state index in [4.69, 9.17) is 14.6 Å². The molecule has 1 N–H and O–H groups in total. The van der Waals surface area contributed by atoms with Crippen molar-refractivity contribution in [2.24, 2.45) is 0 Å². The van der Waals surface area contributed by atoms with Crippen LogP contribution in [0.3, 0.4) is 0 Å². The van der Waals surface area contributed by atoms with Crippen molar-refractivity contribution < 1.29 is 14.3 Å². The number of aromatic nitrogens is 3. The van der Waals surface area contributed by atoms with Crippen molar-refractivity contribution in [3.8, 4) is 5.75 Å². The summed E-state index contributed by atoms with van der Waals surface area (Å²) in [5.74, 6) is 1.96. The number of anilines is 1. The molecule has 0 radical (unpaired) electrons. The number of allylic oxidation sites excluding steroid dienone is 1. The summed E-state index contributed by atoms with van der Waals surface area (Å²) in [5.41, 5.74) is 2.12. The number of rotatable bonds is 12. The first-order chi connectivity index (χ1) is 15.6. The third-order valence-electron chi connectivity index (χ3n) is 5.03. The summed E-state index contributed by atoms with van der Waals surface area (Å²) in [6.45, 7) is 10.6. The van der Waals surface area contributed by atoms with Crippen molar-refractivity contribution in [1.29, 1.82) is 0 Å². The van der Waals surface area contributed by atoms with Crippen LogP contribution in [0.2, 0.25) is 0 Å². The van der Waals surface area contributed by atoms with Gasteiger partial charge in [0.05, 0.1) is 12.2 Å². The number of carbonyl (C=O) groups excluding carboxylic acids is 1. The molecule has 32 heavy (non-hydrogen) atoms. The number of carbonyl (C=O) groups is 1. The maximum Gasteiger partial charge on any atom is 0.338 e. The monoisotopic (exact) mass is 456 g/mol. The molecule has 0 saturated carbocycles. The van der Waals surface area contributed by atoms with Gasteiger partial charge in [0, 0.05) is 11.4 Å². The van der Waals surface area contributed by atoms with E-state index in [9.17, 15) is 4.79 Å². The summed E-state index contributed by atoms with van der Waals surface area (Å²) in [7, 11) is 0. The topological polar surface area (TPSA) is 78.3 Å². The van der Waals surface area contributed by atoms with E-state index < -0.39 is 12.0 Å². The van der Waals surface area contributed by atoms with Gasteiger partial charge in [-0.25, -0.2) is 9.48 Å². The molecule has 1 aliphatic rings. The molecule has 0 saturated heterocycles. The second kappa shape index (κ2) is 11.8. The van der Waals surface area contributed by atoms with E-state index >= 15 is 0 Å².